The second kappa shape index (κ2) is 6.62. The van der Waals surface area contributed by atoms with E-state index in [4.69, 9.17) is 0 Å². The third-order valence-electron chi connectivity index (χ3n) is 3.40. The van der Waals surface area contributed by atoms with Gasteiger partial charge in [0.25, 0.3) is 5.91 Å². The topological polar surface area (TPSA) is 87.7 Å². The average molecular weight is 306 g/mol. The van der Waals surface area contributed by atoms with Crippen molar-refractivity contribution in [3.05, 3.63) is 28.0 Å². The summed E-state index contributed by atoms with van der Waals surface area (Å²) in [4.78, 5) is 25.7. The van der Waals surface area contributed by atoms with Crippen molar-refractivity contribution in [2.45, 2.75) is 39.5 Å². The summed E-state index contributed by atoms with van der Waals surface area (Å²) in [6.07, 6.45) is 2.68. The Balaban J connectivity index is 2.12. The summed E-state index contributed by atoms with van der Waals surface area (Å²) in [7, 11) is 0. The van der Waals surface area contributed by atoms with Crippen molar-refractivity contribution in [3.8, 4) is 0 Å². The summed E-state index contributed by atoms with van der Waals surface area (Å²) in [6, 6.07) is 1.53. The largest absolute Gasteiger partial charge is 0.356 e. The van der Waals surface area contributed by atoms with E-state index >= 15 is 0 Å². The molecule has 2 aromatic heterocycles. The number of nitrogens with zero attached hydrogens (tertiary/aromatic N) is 2. The number of nitrogens with one attached hydrogen (secondary N) is 2. The Hall–Kier alpha value is -2.02. The van der Waals surface area contributed by atoms with Gasteiger partial charge in [0.2, 0.25) is 5.13 Å². The van der Waals surface area contributed by atoms with Crippen molar-refractivity contribution in [2.24, 2.45) is 0 Å². The van der Waals surface area contributed by atoms with Crippen LogP contribution in [-0.4, -0.2) is 27.4 Å². The van der Waals surface area contributed by atoms with Crippen molar-refractivity contribution < 1.29 is 9.59 Å². The number of amides is 1. The third kappa shape index (κ3) is 3.36. The summed E-state index contributed by atoms with van der Waals surface area (Å²) in [5, 5.41) is 12.3. The van der Waals surface area contributed by atoms with Crippen molar-refractivity contribution in [1.29, 1.82) is 0 Å². The Labute approximate surface area is 127 Å². The first kappa shape index (κ1) is 15.4. The molecular formula is C14H18N4O2S. The van der Waals surface area contributed by atoms with Crippen LogP contribution in [0.15, 0.2) is 6.07 Å². The Morgan fingerprint density at radius 2 is 2.14 bits per heavy atom. The predicted molar refractivity (Wildman–Crippen MR) is 82.1 cm³/mol. The number of anilines is 1. The second-order valence-corrected chi connectivity index (χ2v) is 5.80. The minimum atomic E-state index is -0.288. The zero-order valence-corrected chi connectivity index (χ0v) is 13.1. The molecule has 7 heteroatoms. The highest BCUT2D eigenvalue weighted by atomic mass is 32.1. The lowest BCUT2D eigenvalue weighted by atomic mass is 10.1. The van der Waals surface area contributed by atoms with Gasteiger partial charge >= 0.3 is 0 Å². The van der Waals surface area contributed by atoms with Crippen molar-refractivity contribution >= 4 is 28.7 Å². The molecule has 0 aliphatic heterocycles. The number of hydrogen-bond donors (Lipinski definition) is 2. The van der Waals surface area contributed by atoms with Crippen molar-refractivity contribution in [1.82, 2.24) is 15.2 Å². The van der Waals surface area contributed by atoms with Gasteiger partial charge in [-0.2, -0.15) is 0 Å². The normalized spacial score (nSPS) is 10.9. The zero-order valence-electron chi connectivity index (χ0n) is 12.3. The molecule has 0 saturated heterocycles. The summed E-state index contributed by atoms with van der Waals surface area (Å²) in [5.41, 5.74) is 1.48. The molecular weight excluding hydrogens is 288 g/mol. The van der Waals surface area contributed by atoms with Gasteiger partial charge in [-0.25, -0.2) is 0 Å². The van der Waals surface area contributed by atoms with Crippen LogP contribution < -0.4 is 5.32 Å². The lowest BCUT2D eigenvalue weighted by molar-refractivity contribution is 0.102. The third-order valence-corrected chi connectivity index (χ3v) is 4.40. The molecule has 0 fully saturated rings. The first-order valence-corrected chi connectivity index (χ1v) is 7.70. The van der Waals surface area contributed by atoms with Gasteiger partial charge < -0.3 is 4.98 Å². The number of carbonyl (C=O) groups is 2. The number of H-pyrrole nitrogens is 1. The Bertz CT molecular complexity index is 643. The van der Waals surface area contributed by atoms with E-state index in [-0.39, 0.29) is 5.91 Å². The predicted octanol–water partition coefficient (Wildman–Crippen LogP) is 3.14. The minimum absolute atomic E-state index is 0.288. The first-order chi connectivity index (χ1) is 10.1. The molecule has 21 heavy (non-hydrogen) atoms. The number of aryl methyl sites for hydroxylation is 1. The smallest absolute Gasteiger partial charge is 0.259 e. The van der Waals surface area contributed by atoms with Crippen LogP contribution in [0.5, 0.6) is 0 Å². The lowest BCUT2D eigenvalue weighted by Crippen LogP contribution is -2.12. The maximum absolute atomic E-state index is 12.2. The second-order valence-electron chi connectivity index (χ2n) is 4.79. The highest BCUT2D eigenvalue weighted by Crippen LogP contribution is 2.28. The number of aldehydes is 1. The van der Waals surface area contributed by atoms with Gasteiger partial charge in [0.15, 0.2) is 6.29 Å². The summed E-state index contributed by atoms with van der Waals surface area (Å²) in [6.45, 7) is 5.97. The molecule has 0 unspecified atom stereocenters. The lowest BCUT2D eigenvalue weighted by Gasteiger charge is -2.05. The van der Waals surface area contributed by atoms with E-state index in [1.54, 1.807) is 6.92 Å². The van der Waals surface area contributed by atoms with Crippen LogP contribution in [0.2, 0.25) is 0 Å². The fourth-order valence-corrected chi connectivity index (χ4v) is 3.14. The first-order valence-electron chi connectivity index (χ1n) is 6.88. The fourth-order valence-electron chi connectivity index (χ4n) is 2.14. The van der Waals surface area contributed by atoms with Gasteiger partial charge in [-0.3, -0.25) is 14.9 Å². The Morgan fingerprint density at radius 3 is 2.71 bits per heavy atom. The summed E-state index contributed by atoms with van der Waals surface area (Å²) in [5.74, 6) is 0.0907. The standard InChI is InChI=1S/C14H18N4O2S/c1-4-9(5-2)13-17-18-14(21-13)16-12(20)11-6-10(7-19)15-8(11)3/h6-7,9,15H,4-5H2,1-3H3,(H,16,18,20). The summed E-state index contributed by atoms with van der Waals surface area (Å²) >= 11 is 1.40. The molecule has 2 rings (SSSR count). The van der Waals surface area contributed by atoms with Gasteiger partial charge in [-0.15, -0.1) is 10.2 Å². The molecule has 2 heterocycles. The Kier molecular flexibility index (Phi) is 4.85. The van der Waals surface area contributed by atoms with Gasteiger partial charge in [-0.1, -0.05) is 25.2 Å². The number of aromatic amines is 1. The van der Waals surface area contributed by atoms with E-state index in [9.17, 15) is 9.59 Å². The molecule has 2 aromatic rings. The SMILES string of the molecule is CCC(CC)c1nnc(NC(=O)c2cc(C=O)[nH]c2C)s1. The number of hydrogen-bond acceptors (Lipinski definition) is 5. The summed E-state index contributed by atoms with van der Waals surface area (Å²) < 4.78 is 0. The van der Waals surface area contributed by atoms with E-state index in [1.807, 2.05) is 0 Å². The number of carbonyl (C=O) groups excluding carboxylic acids is 2. The van der Waals surface area contributed by atoms with Crippen LogP contribution in [-0.2, 0) is 0 Å². The van der Waals surface area contributed by atoms with Gasteiger partial charge in [0.1, 0.15) is 5.01 Å². The van der Waals surface area contributed by atoms with Crippen LogP contribution in [0.4, 0.5) is 5.13 Å². The molecule has 0 atom stereocenters. The molecule has 0 spiro atoms. The maximum Gasteiger partial charge on any atom is 0.259 e. The van der Waals surface area contributed by atoms with E-state index in [0.717, 1.165) is 17.8 Å². The molecule has 0 radical (unpaired) electrons. The van der Waals surface area contributed by atoms with Crippen LogP contribution in [0.1, 0.15) is 64.2 Å². The molecule has 0 bridgehead atoms. The van der Waals surface area contributed by atoms with Crippen molar-refractivity contribution in [2.75, 3.05) is 5.32 Å². The minimum Gasteiger partial charge on any atom is -0.356 e. The van der Waals surface area contributed by atoms with E-state index in [1.165, 1.54) is 17.4 Å². The Morgan fingerprint density at radius 1 is 1.43 bits per heavy atom. The average Bonchev–Trinajstić information content (AvgIpc) is 3.07. The molecule has 0 saturated carbocycles. The van der Waals surface area contributed by atoms with E-state index in [2.05, 4.69) is 34.3 Å². The zero-order chi connectivity index (χ0) is 15.4. The number of aromatic nitrogens is 3. The molecule has 0 aliphatic carbocycles. The molecule has 112 valence electrons. The fraction of sp³-hybridized carbons (Fsp3) is 0.429. The van der Waals surface area contributed by atoms with Crippen LogP contribution >= 0.6 is 11.3 Å². The van der Waals surface area contributed by atoms with Gasteiger partial charge in [0, 0.05) is 11.6 Å². The van der Waals surface area contributed by atoms with Crippen LogP contribution in [0.25, 0.3) is 0 Å². The highest BCUT2D eigenvalue weighted by Gasteiger charge is 2.17. The van der Waals surface area contributed by atoms with Crippen LogP contribution in [0.3, 0.4) is 0 Å². The maximum atomic E-state index is 12.2. The van der Waals surface area contributed by atoms with E-state index in [0.29, 0.717) is 34.3 Å². The quantitative estimate of drug-likeness (QED) is 0.802. The molecule has 0 aromatic carbocycles. The molecule has 2 N–H and O–H groups in total. The van der Waals surface area contributed by atoms with Crippen LogP contribution in [0, 0.1) is 6.92 Å². The van der Waals surface area contributed by atoms with Crippen molar-refractivity contribution in [3.63, 3.8) is 0 Å². The van der Waals surface area contributed by atoms with Gasteiger partial charge in [0.05, 0.1) is 11.3 Å². The molecule has 1 amide bonds. The molecule has 6 nitrogen and oxygen atoms in total. The highest BCUT2D eigenvalue weighted by molar-refractivity contribution is 7.15. The number of rotatable bonds is 6. The monoisotopic (exact) mass is 306 g/mol. The van der Waals surface area contributed by atoms with Gasteiger partial charge in [-0.05, 0) is 25.8 Å². The molecule has 0 aliphatic rings. The van der Waals surface area contributed by atoms with E-state index < -0.39 is 0 Å².